The van der Waals surface area contributed by atoms with Crippen molar-refractivity contribution in [2.45, 2.75) is 66.1 Å². The lowest BCUT2D eigenvalue weighted by Gasteiger charge is -2.34. The molecule has 0 saturated heterocycles. The molecule has 1 fully saturated rings. The third-order valence-corrected chi connectivity index (χ3v) is 7.61. The Hall–Kier alpha value is -2.60. The van der Waals surface area contributed by atoms with Crippen LogP contribution < -0.4 is 10.9 Å². The van der Waals surface area contributed by atoms with E-state index in [-0.39, 0.29) is 24.1 Å². The fourth-order valence-electron chi connectivity index (χ4n) is 4.97. The molecule has 4 rings (SSSR count). The molecule has 3 aromatic rings. The third kappa shape index (κ3) is 4.20. The molecule has 1 aliphatic carbocycles. The van der Waals surface area contributed by atoms with Crippen LogP contribution in [0.4, 0.5) is 0 Å². The van der Waals surface area contributed by atoms with Crippen LogP contribution in [0.25, 0.3) is 10.8 Å². The molecule has 0 radical (unpaired) electrons. The number of amides is 1. The first kappa shape index (κ1) is 22.6. The van der Waals surface area contributed by atoms with Gasteiger partial charge in [-0.05, 0) is 43.7 Å². The van der Waals surface area contributed by atoms with Crippen molar-refractivity contribution in [3.8, 4) is 0 Å². The first-order valence-corrected chi connectivity index (χ1v) is 11.7. The average molecular weight is 455 g/mol. The Kier molecular flexibility index (Phi) is 6.42. The van der Waals surface area contributed by atoms with Crippen LogP contribution >= 0.6 is 11.6 Å². The van der Waals surface area contributed by atoms with Gasteiger partial charge in [0, 0.05) is 34.4 Å². The minimum absolute atomic E-state index is 0.0689. The zero-order valence-electron chi connectivity index (χ0n) is 19.2. The number of rotatable bonds is 5. The van der Waals surface area contributed by atoms with E-state index in [2.05, 4.69) is 28.8 Å². The van der Waals surface area contributed by atoms with Gasteiger partial charge in [0.2, 0.25) is 5.91 Å². The maximum Gasteiger partial charge on any atom is 0.276 e. The molecule has 1 N–H and O–H groups in total. The van der Waals surface area contributed by atoms with Gasteiger partial charge in [-0.3, -0.25) is 9.59 Å². The molecule has 1 aliphatic rings. The summed E-state index contributed by atoms with van der Waals surface area (Å²) in [5.74, 6) is 0.869. The van der Waals surface area contributed by atoms with Crippen molar-refractivity contribution in [2.24, 2.45) is 11.8 Å². The van der Waals surface area contributed by atoms with Crippen molar-refractivity contribution < 1.29 is 4.79 Å². The van der Waals surface area contributed by atoms with Crippen molar-refractivity contribution >= 4 is 28.3 Å². The van der Waals surface area contributed by atoms with Crippen LogP contribution in [0.3, 0.4) is 0 Å². The van der Waals surface area contributed by atoms with E-state index in [0.29, 0.717) is 28.8 Å². The van der Waals surface area contributed by atoms with Crippen LogP contribution in [-0.4, -0.2) is 26.3 Å². The molecule has 1 amide bonds. The lowest BCUT2D eigenvalue weighted by atomic mass is 9.78. The van der Waals surface area contributed by atoms with E-state index in [1.165, 1.54) is 11.1 Å². The number of benzene rings is 1. The Balaban J connectivity index is 1.60. The molecule has 3 atom stereocenters. The highest BCUT2D eigenvalue weighted by Gasteiger charge is 2.28. The second kappa shape index (κ2) is 9.10. The molecule has 6 nitrogen and oxygen atoms in total. The minimum atomic E-state index is -0.235. The molecular formula is C25H31ClN4O2. The van der Waals surface area contributed by atoms with E-state index < -0.39 is 0 Å². The van der Waals surface area contributed by atoms with Gasteiger partial charge in [0.25, 0.3) is 5.56 Å². The first-order valence-electron chi connectivity index (χ1n) is 11.4. The SMILES string of the molecule is Cc1c2cnn(CC(=O)N[C@@H]3CCC[C@@H](C)[C@@H]3C)c(=O)c2c(C)n1Cc1ccccc1Cl. The van der Waals surface area contributed by atoms with Crippen molar-refractivity contribution in [3.05, 3.63) is 62.8 Å². The molecule has 0 spiro atoms. The summed E-state index contributed by atoms with van der Waals surface area (Å²) in [7, 11) is 0. The quantitative estimate of drug-likeness (QED) is 0.618. The summed E-state index contributed by atoms with van der Waals surface area (Å²) in [6, 6.07) is 7.87. The summed E-state index contributed by atoms with van der Waals surface area (Å²) in [5.41, 5.74) is 2.57. The van der Waals surface area contributed by atoms with Gasteiger partial charge < -0.3 is 9.88 Å². The lowest BCUT2D eigenvalue weighted by Crippen LogP contribution is -2.45. The van der Waals surface area contributed by atoms with Crippen LogP contribution in [0, 0.1) is 25.7 Å². The van der Waals surface area contributed by atoms with E-state index in [4.69, 9.17) is 11.6 Å². The van der Waals surface area contributed by atoms with Gasteiger partial charge in [-0.2, -0.15) is 5.10 Å². The number of nitrogens with one attached hydrogen (secondary N) is 1. The molecule has 7 heteroatoms. The summed E-state index contributed by atoms with van der Waals surface area (Å²) >= 11 is 6.35. The molecule has 0 aliphatic heterocycles. The van der Waals surface area contributed by atoms with E-state index in [1.807, 2.05) is 38.1 Å². The molecule has 1 aromatic carbocycles. The molecule has 2 aromatic heterocycles. The number of hydrogen-bond acceptors (Lipinski definition) is 3. The Morgan fingerprint density at radius 2 is 1.94 bits per heavy atom. The van der Waals surface area contributed by atoms with Gasteiger partial charge in [-0.25, -0.2) is 4.68 Å². The topological polar surface area (TPSA) is 68.9 Å². The van der Waals surface area contributed by atoms with Crippen LogP contribution in [0.5, 0.6) is 0 Å². The predicted molar refractivity (Wildman–Crippen MR) is 128 cm³/mol. The Labute approximate surface area is 193 Å². The molecule has 0 unspecified atom stereocenters. The maximum absolute atomic E-state index is 13.3. The van der Waals surface area contributed by atoms with Gasteiger partial charge in [0.05, 0.1) is 11.6 Å². The van der Waals surface area contributed by atoms with Crippen molar-refractivity contribution in [3.63, 3.8) is 0 Å². The number of fused-ring (bicyclic) bond motifs is 1. The zero-order valence-corrected chi connectivity index (χ0v) is 19.9. The highest BCUT2D eigenvalue weighted by molar-refractivity contribution is 6.31. The lowest BCUT2D eigenvalue weighted by molar-refractivity contribution is -0.123. The van der Waals surface area contributed by atoms with Crippen LogP contribution in [-0.2, 0) is 17.9 Å². The number of halogens is 1. The minimum Gasteiger partial charge on any atom is -0.351 e. The Morgan fingerprint density at radius 3 is 2.69 bits per heavy atom. The van der Waals surface area contributed by atoms with E-state index in [0.717, 1.165) is 35.2 Å². The zero-order chi connectivity index (χ0) is 23.0. The maximum atomic E-state index is 13.3. The van der Waals surface area contributed by atoms with Crippen LogP contribution in [0.1, 0.15) is 50.1 Å². The summed E-state index contributed by atoms with van der Waals surface area (Å²) in [6.45, 7) is 8.85. The predicted octanol–water partition coefficient (Wildman–Crippen LogP) is 4.46. The van der Waals surface area contributed by atoms with Gasteiger partial charge >= 0.3 is 0 Å². The summed E-state index contributed by atoms with van der Waals surface area (Å²) < 4.78 is 3.37. The fraction of sp³-hybridized carbons (Fsp3) is 0.480. The number of carbonyl (C=O) groups excluding carboxylic acids is 1. The molecule has 0 bridgehead atoms. The monoisotopic (exact) mass is 454 g/mol. The highest BCUT2D eigenvalue weighted by Crippen LogP contribution is 2.29. The van der Waals surface area contributed by atoms with Crippen molar-refractivity contribution in [1.82, 2.24) is 19.7 Å². The van der Waals surface area contributed by atoms with Crippen molar-refractivity contribution in [2.75, 3.05) is 0 Å². The van der Waals surface area contributed by atoms with Gasteiger partial charge in [0.15, 0.2) is 0 Å². The smallest absolute Gasteiger partial charge is 0.276 e. The summed E-state index contributed by atoms with van der Waals surface area (Å²) in [5, 5.41) is 9.57. The molecule has 1 saturated carbocycles. The number of aryl methyl sites for hydroxylation is 2. The second-order valence-corrected chi connectivity index (χ2v) is 9.59. The third-order valence-electron chi connectivity index (χ3n) is 7.24. The van der Waals surface area contributed by atoms with Gasteiger partial charge in [-0.15, -0.1) is 0 Å². The Bertz CT molecular complexity index is 1210. The van der Waals surface area contributed by atoms with E-state index in [9.17, 15) is 9.59 Å². The van der Waals surface area contributed by atoms with Crippen molar-refractivity contribution in [1.29, 1.82) is 0 Å². The Morgan fingerprint density at radius 1 is 1.19 bits per heavy atom. The largest absolute Gasteiger partial charge is 0.351 e. The molecule has 2 heterocycles. The van der Waals surface area contributed by atoms with E-state index >= 15 is 0 Å². The van der Waals surface area contributed by atoms with Gasteiger partial charge in [0.1, 0.15) is 6.54 Å². The number of hydrogen-bond donors (Lipinski definition) is 1. The van der Waals surface area contributed by atoms with E-state index in [1.54, 1.807) is 6.20 Å². The normalized spacial score (nSPS) is 21.1. The van der Waals surface area contributed by atoms with Crippen LogP contribution in [0.15, 0.2) is 35.3 Å². The molecule has 170 valence electrons. The summed E-state index contributed by atoms with van der Waals surface area (Å²) in [6.07, 6.45) is 5.01. The molecule has 32 heavy (non-hydrogen) atoms. The van der Waals surface area contributed by atoms with Crippen LogP contribution in [0.2, 0.25) is 5.02 Å². The second-order valence-electron chi connectivity index (χ2n) is 9.19. The number of nitrogens with zero attached hydrogens (tertiary/aromatic N) is 3. The highest BCUT2D eigenvalue weighted by atomic mass is 35.5. The number of aromatic nitrogens is 3. The summed E-state index contributed by atoms with van der Waals surface area (Å²) in [4.78, 5) is 26.0. The first-order chi connectivity index (χ1) is 15.3. The fourth-order valence-corrected chi connectivity index (χ4v) is 5.16. The average Bonchev–Trinajstić information content (AvgIpc) is 3.00. The number of carbonyl (C=O) groups is 1. The van der Waals surface area contributed by atoms with Gasteiger partial charge in [-0.1, -0.05) is 56.5 Å². The molecular weight excluding hydrogens is 424 g/mol. The standard InChI is InChI=1S/C25H31ClN4O2/c1-15-8-7-11-22(16(15)2)28-23(31)14-30-25(32)24-18(4)29(17(3)20(24)12-27-30)13-19-9-5-6-10-21(19)26/h5-6,9-10,12,15-16,22H,7-8,11,13-14H2,1-4H3,(H,28,31)/t15-,16+,22-/m1/s1.